The zero-order chi connectivity index (χ0) is 11.0. The number of hydrogen-bond acceptors (Lipinski definition) is 1. The molecule has 0 spiro atoms. The van der Waals surface area contributed by atoms with Crippen molar-refractivity contribution in [1.29, 1.82) is 0 Å². The molecule has 0 N–H and O–H groups in total. The Labute approximate surface area is 94.2 Å². The minimum absolute atomic E-state index is 0.961. The summed E-state index contributed by atoms with van der Waals surface area (Å²) in [4.78, 5) is 4.36. The predicted molar refractivity (Wildman–Crippen MR) is 65.8 cm³/mol. The highest BCUT2D eigenvalue weighted by molar-refractivity contribution is 5.84. The number of hydrogen-bond donors (Lipinski definition) is 0. The van der Waals surface area contributed by atoms with Gasteiger partial charge in [0.1, 0.15) is 5.82 Å². The van der Waals surface area contributed by atoms with Gasteiger partial charge in [0.15, 0.2) is 0 Å². The van der Waals surface area contributed by atoms with Crippen molar-refractivity contribution in [2.24, 2.45) is 0 Å². The molecule has 2 heterocycles. The Bertz CT molecular complexity index is 624. The molecule has 3 rings (SSSR count). The number of nitrogens with zero attached hydrogens (tertiary/aromatic N) is 2. The largest absolute Gasteiger partial charge is 0.301 e. The molecule has 2 heteroatoms. The van der Waals surface area contributed by atoms with E-state index in [1.807, 2.05) is 24.4 Å². The molecule has 16 heavy (non-hydrogen) atoms. The van der Waals surface area contributed by atoms with Crippen LogP contribution in [-0.2, 0) is 0 Å². The van der Waals surface area contributed by atoms with Crippen LogP contribution in [0.5, 0.6) is 0 Å². The maximum Gasteiger partial charge on any atom is 0.137 e. The number of benzene rings is 1. The number of rotatable bonds is 1. The van der Waals surface area contributed by atoms with E-state index < -0.39 is 0 Å². The molecule has 0 saturated heterocycles. The maximum atomic E-state index is 4.36. The molecule has 78 valence electrons. The Morgan fingerprint density at radius 2 is 1.94 bits per heavy atom. The number of aromatic nitrogens is 2. The van der Waals surface area contributed by atoms with Crippen molar-refractivity contribution >= 4 is 10.9 Å². The molecule has 0 aliphatic rings. The molecule has 0 bridgehead atoms. The standard InChI is InChI=1S/C14H12N2/c1-11-5-4-6-13-12(11)8-10-16(13)14-7-2-3-9-15-14/h2-10H,1H3. The zero-order valence-corrected chi connectivity index (χ0v) is 9.09. The van der Waals surface area contributed by atoms with Crippen molar-refractivity contribution in [3.8, 4) is 5.82 Å². The molecule has 0 radical (unpaired) electrons. The molecule has 0 aliphatic heterocycles. The van der Waals surface area contributed by atoms with Gasteiger partial charge in [0, 0.05) is 17.8 Å². The number of fused-ring (bicyclic) bond motifs is 1. The van der Waals surface area contributed by atoms with E-state index in [-0.39, 0.29) is 0 Å². The minimum atomic E-state index is 0.961. The van der Waals surface area contributed by atoms with Crippen LogP contribution in [0.25, 0.3) is 16.7 Å². The molecule has 0 amide bonds. The summed E-state index contributed by atoms with van der Waals surface area (Å²) in [5.41, 5.74) is 2.51. The molecule has 3 aromatic rings. The van der Waals surface area contributed by atoms with E-state index >= 15 is 0 Å². The molecular weight excluding hydrogens is 196 g/mol. The van der Waals surface area contributed by atoms with Gasteiger partial charge in [-0.3, -0.25) is 0 Å². The normalized spacial score (nSPS) is 10.8. The van der Waals surface area contributed by atoms with E-state index in [1.54, 1.807) is 0 Å². The van der Waals surface area contributed by atoms with Crippen LogP contribution in [0, 0.1) is 6.92 Å². The third kappa shape index (κ3) is 1.31. The lowest BCUT2D eigenvalue weighted by Gasteiger charge is -2.04. The molecule has 0 saturated carbocycles. The fraction of sp³-hybridized carbons (Fsp3) is 0.0714. The molecular formula is C14H12N2. The first kappa shape index (κ1) is 9.16. The molecule has 1 aromatic carbocycles. The second-order valence-electron chi connectivity index (χ2n) is 3.88. The van der Waals surface area contributed by atoms with Crippen LogP contribution in [0.3, 0.4) is 0 Å². The van der Waals surface area contributed by atoms with Crippen LogP contribution in [0.15, 0.2) is 54.9 Å². The van der Waals surface area contributed by atoms with Crippen LogP contribution in [0.2, 0.25) is 0 Å². The SMILES string of the molecule is Cc1cccc2c1ccn2-c1ccccn1. The van der Waals surface area contributed by atoms with E-state index in [4.69, 9.17) is 0 Å². The van der Waals surface area contributed by atoms with Gasteiger partial charge in [-0.05, 0) is 36.8 Å². The summed E-state index contributed by atoms with van der Waals surface area (Å²) in [6.07, 6.45) is 3.89. The van der Waals surface area contributed by atoms with Gasteiger partial charge in [-0.1, -0.05) is 18.2 Å². The summed E-state index contributed by atoms with van der Waals surface area (Å²) in [6, 6.07) is 14.4. The van der Waals surface area contributed by atoms with Crippen molar-refractivity contribution in [3.63, 3.8) is 0 Å². The van der Waals surface area contributed by atoms with E-state index in [2.05, 4.69) is 46.9 Å². The lowest BCUT2D eigenvalue weighted by Crippen LogP contribution is -1.94. The van der Waals surface area contributed by atoms with Crippen LogP contribution >= 0.6 is 0 Å². The van der Waals surface area contributed by atoms with Crippen LogP contribution in [0.1, 0.15) is 5.56 Å². The van der Waals surface area contributed by atoms with Crippen molar-refractivity contribution in [1.82, 2.24) is 9.55 Å². The molecule has 0 fully saturated rings. The van der Waals surface area contributed by atoms with Crippen LogP contribution in [0.4, 0.5) is 0 Å². The van der Waals surface area contributed by atoms with Gasteiger partial charge >= 0.3 is 0 Å². The second kappa shape index (κ2) is 3.49. The van der Waals surface area contributed by atoms with Crippen molar-refractivity contribution in [2.75, 3.05) is 0 Å². The Morgan fingerprint density at radius 1 is 1.00 bits per heavy atom. The highest BCUT2D eigenvalue weighted by Gasteiger charge is 2.04. The zero-order valence-electron chi connectivity index (χ0n) is 9.09. The second-order valence-corrected chi connectivity index (χ2v) is 3.88. The summed E-state index contributed by atoms with van der Waals surface area (Å²) < 4.78 is 2.11. The van der Waals surface area contributed by atoms with Crippen molar-refractivity contribution < 1.29 is 0 Å². The van der Waals surface area contributed by atoms with E-state index in [1.165, 1.54) is 16.5 Å². The third-order valence-electron chi connectivity index (χ3n) is 2.85. The topological polar surface area (TPSA) is 17.8 Å². The Balaban J connectivity index is 2.30. The summed E-state index contributed by atoms with van der Waals surface area (Å²) in [7, 11) is 0. The van der Waals surface area contributed by atoms with Gasteiger partial charge < -0.3 is 4.57 Å². The van der Waals surface area contributed by atoms with Crippen LogP contribution < -0.4 is 0 Å². The average Bonchev–Trinajstić information content (AvgIpc) is 2.75. The van der Waals surface area contributed by atoms with Gasteiger partial charge in [-0.25, -0.2) is 4.98 Å². The quantitative estimate of drug-likeness (QED) is 0.599. The van der Waals surface area contributed by atoms with Crippen molar-refractivity contribution in [3.05, 3.63) is 60.4 Å². The third-order valence-corrected chi connectivity index (χ3v) is 2.85. The molecule has 2 nitrogen and oxygen atoms in total. The van der Waals surface area contributed by atoms with Gasteiger partial charge in [-0.2, -0.15) is 0 Å². The number of pyridine rings is 1. The fourth-order valence-electron chi connectivity index (χ4n) is 2.02. The Hall–Kier alpha value is -2.09. The molecule has 0 unspecified atom stereocenters. The van der Waals surface area contributed by atoms with Gasteiger partial charge in [0.05, 0.1) is 5.52 Å². The average molecular weight is 208 g/mol. The van der Waals surface area contributed by atoms with Crippen LogP contribution in [-0.4, -0.2) is 9.55 Å². The fourth-order valence-corrected chi connectivity index (χ4v) is 2.02. The highest BCUT2D eigenvalue weighted by Crippen LogP contribution is 2.21. The first-order chi connectivity index (χ1) is 7.86. The number of aryl methyl sites for hydroxylation is 1. The summed E-state index contributed by atoms with van der Waals surface area (Å²) in [6.45, 7) is 2.13. The molecule has 2 aromatic heterocycles. The van der Waals surface area contributed by atoms with Crippen molar-refractivity contribution in [2.45, 2.75) is 6.92 Å². The Morgan fingerprint density at radius 3 is 2.75 bits per heavy atom. The van der Waals surface area contributed by atoms with Gasteiger partial charge in [-0.15, -0.1) is 0 Å². The molecule has 0 aliphatic carbocycles. The summed E-state index contributed by atoms with van der Waals surface area (Å²) >= 11 is 0. The minimum Gasteiger partial charge on any atom is -0.301 e. The van der Waals surface area contributed by atoms with E-state index in [0.29, 0.717) is 0 Å². The first-order valence-electron chi connectivity index (χ1n) is 5.34. The first-order valence-corrected chi connectivity index (χ1v) is 5.34. The Kier molecular flexibility index (Phi) is 2.00. The van der Waals surface area contributed by atoms with E-state index in [9.17, 15) is 0 Å². The monoisotopic (exact) mass is 208 g/mol. The lowest BCUT2D eigenvalue weighted by molar-refractivity contribution is 1.04. The maximum absolute atomic E-state index is 4.36. The predicted octanol–water partition coefficient (Wildman–Crippen LogP) is 3.33. The van der Waals surface area contributed by atoms with E-state index in [0.717, 1.165) is 5.82 Å². The highest BCUT2D eigenvalue weighted by atomic mass is 15.0. The van der Waals surface area contributed by atoms with Gasteiger partial charge in [0.25, 0.3) is 0 Å². The summed E-state index contributed by atoms with van der Waals surface area (Å²) in [5, 5.41) is 1.29. The summed E-state index contributed by atoms with van der Waals surface area (Å²) in [5.74, 6) is 0.961. The lowest BCUT2D eigenvalue weighted by atomic mass is 10.1. The smallest absolute Gasteiger partial charge is 0.137 e. The molecule has 0 atom stereocenters. The van der Waals surface area contributed by atoms with Gasteiger partial charge in [0.2, 0.25) is 0 Å².